The molecule has 0 aliphatic heterocycles. The van der Waals surface area contributed by atoms with Crippen LogP contribution in [-0.2, 0) is 6.61 Å². The van der Waals surface area contributed by atoms with E-state index in [-0.39, 0.29) is 5.91 Å². The van der Waals surface area contributed by atoms with Crippen LogP contribution in [0.15, 0.2) is 107 Å². The van der Waals surface area contributed by atoms with Gasteiger partial charge in [-0.2, -0.15) is 5.10 Å². The minimum Gasteiger partial charge on any atom is -0.488 e. The molecule has 5 nitrogen and oxygen atoms in total. The molecule has 0 aliphatic carbocycles. The zero-order valence-electron chi connectivity index (χ0n) is 19.9. The fourth-order valence-corrected chi connectivity index (χ4v) is 4.83. The number of fused-ring (bicyclic) bond motifs is 1. The Morgan fingerprint density at radius 2 is 1.74 bits per heavy atom. The summed E-state index contributed by atoms with van der Waals surface area (Å²) in [6, 6.07) is 29.9. The van der Waals surface area contributed by atoms with Crippen LogP contribution in [0.1, 0.15) is 21.5 Å². The molecule has 5 rings (SSSR count). The molecule has 38 heavy (non-hydrogen) atoms. The molecule has 0 unspecified atom stereocenters. The summed E-state index contributed by atoms with van der Waals surface area (Å²) in [6.45, 7) is 0.295. The fraction of sp³-hybridized carbons (Fsp3) is 0.0333. The average molecular weight is 605 g/mol. The molecule has 1 amide bonds. The number of hydrogen-bond acceptors (Lipinski definition) is 4. The molecule has 1 N–H and O–H groups in total. The van der Waals surface area contributed by atoms with Crippen molar-refractivity contribution < 1.29 is 9.53 Å². The summed E-state index contributed by atoms with van der Waals surface area (Å²) in [5, 5.41) is 6.05. The predicted molar refractivity (Wildman–Crippen MR) is 157 cm³/mol. The van der Waals surface area contributed by atoms with Gasteiger partial charge in [-0.05, 0) is 64.0 Å². The molecule has 1 aromatic heterocycles. The van der Waals surface area contributed by atoms with Crippen molar-refractivity contribution in [1.82, 2.24) is 10.4 Å². The second-order valence-electron chi connectivity index (χ2n) is 8.35. The van der Waals surface area contributed by atoms with Crippen LogP contribution in [0.3, 0.4) is 0 Å². The van der Waals surface area contributed by atoms with Crippen molar-refractivity contribution in [3.05, 3.63) is 128 Å². The van der Waals surface area contributed by atoms with Crippen molar-refractivity contribution in [2.45, 2.75) is 6.61 Å². The minimum absolute atomic E-state index is 0.295. The van der Waals surface area contributed by atoms with Crippen molar-refractivity contribution in [3.8, 4) is 17.0 Å². The topological polar surface area (TPSA) is 63.6 Å². The zero-order valence-corrected chi connectivity index (χ0v) is 23.0. The van der Waals surface area contributed by atoms with Crippen LogP contribution < -0.4 is 10.2 Å². The van der Waals surface area contributed by atoms with Crippen molar-refractivity contribution >= 4 is 62.2 Å². The Kier molecular flexibility index (Phi) is 8.03. The third-order valence-electron chi connectivity index (χ3n) is 5.76. The number of aromatic nitrogens is 1. The second kappa shape index (κ2) is 11.8. The highest BCUT2D eigenvalue weighted by Crippen LogP contribution is 2.28. The molecule has 0 atom stereocenters. The van der Waals surface area contributed by atoms with Crippen molar-refractivity contribution in [1.29, 1.82) is 0 Å². The van der Waals surface area contributed by atoms with E-state index in [0.29, 0.717) is 28.0 Å². The molecule has 0 fully saturated rings. The minimum atomic E-state index is -0.323. The number of pyridine rings is 1. The number of carbonyl (C=O) groups excluding carboxylic acids is 1. The third kappa shape index (κ3) is 6.05. The lowest BCUT2D eigenvalue weighted by atomic mass is 10.0. The SMILES string of the molecule is O=C(N/N=C/c1ccc(OCc2ccc(Cl)cc2Cl)c(Br)c1)c1cc(-c2ccccc2)nc2ccccc12. The number of amides is 1. The zero-order chi connectivity index (χ0) is 26.5. The van der Waals surface area contributed by atoms with E-state index < -0.39 is 0 Å². The fourth-order valence-electron chi connectivity index (χ4n) is 3.85. The van der Waals surface area contributed by atoms with Crippen molar-refractivity contribution in [2.24, 2.45) is 5.10 Å². The number of halogens is 3. The highest BCUT2D eigenvalue weighted by atomic mass is 79.9. The van der Waals surface area contributed by atoms with Gasteiger partial charge in [0.1, 0.15) is 12.4 Å². The van der Waals surface area contributed by atoms with Crippen LogP contribution in [0.5, 0.6) is 5.75 Å². The third-order valence-corrected chi connectivity index (χ3v) is 6.97. The number of nitrogens with zero attached hydrogens (tertiary/aromatic N) is 2. The van der Waals surface area contributed by atoms with Gasteiger partial charge < -0.3 is 4.74 Å². The maximum atomic E-state index is 13.1. The van der Waals surface area contributed by atoms with E-state index in [4.69, 9.17) is 32.9 Å². The molecular weight excluding hydrogens is 585 g/mol. The van der Waals surface area contributed by atoms with E-state index in [2.05, 4.69) is 26.5 Å². The molecule has 4 aromatic carbocycles. The van der Waals surface area contributed by atoms with Crippen LogP contribution in [0.2, 0.25) is 10.0 Å². The highest BCUT2D eigenvalue weighted by Gasteiger charge is 2.13. The van der Waals surface area contributed by atoms with Gasteiger partial charge in [0.25, 0.3) is 5.91 Å². The van der Waals surface area contributed by atoms with Gasteiger partial charge in [0, 0.05) is 26.6 Å². The molecule has 0 saturated heterocycles. The molecule has 8 heteroatoms. The number of carbonyl (C=O) groups is 1. The van der Waals surface area contributed by atoms with Crippen LogP contribution in [-0.4, -0.2) is 17.1 Å². The van der Waals surface area contributed by atoms with E-state index in [1.807, 2.05) is 78.9 Å². The number of hydrazone groups is 1. The maximum Gasteiger partial charge on any atom is 0.272 e. The van der Waals surface area contributed by atoms with Crippen LogP contribution in [0.25, 0.3) is 22.2 Å². The number of benzene rings is 4. The average Bonchev–Trinajstić information content (AvgIpc) is 2.93. The lowest BCUT2D eigenvalue weighted by Crippen LogP contribution is -2.18. The molecular formula is C30H20BrCl2N3O2. The first kappa shape index (κ1) is 25.9. The molecule has 0 aliphatic rings. The van der Waals surface area contributed by atoms with E-state index in [1.54, 1.807) is 24.4 Å². The van der Waals surface area contributed by atoms with Gasteiger partial charge in [0.15, 0.2) is 0 Å². The van der Waals surface area contributed by atoms with Crippen LogP contribution >= 0.6 is 39.1 Å². The maximum absolute atomic E-state index is 13.1. The first-order valence-electron chi connectivity index (χ1n) is 11.6. The number of ether oxygens (including phenoxy) is 1. The Labute approximate surface area is 238 Å². The Morgan fingerprint density at radius 3 is 2.53 bits per heavy atom. The van der Waals surface area contributed by atoms with Gasteiger partial charge in [0.05, 0.1) is 27.5 Å². The van der Waals surface area contributed by atoms with E-state index >= 15 is 0 Å². The van der Waals surface area contributed by atoms with Gasteiger partial charge >= 0.3 is 0 Å². The van der Waals surface area contributed by atoms with Crippen molar-refractivity contribution in [3.63, 3.8) is 0 Å². The lowest BCUT2D eigenvalue weighted by molar-refractivity contribution is 0.0956. The highest BCUT2D eigenvalue weighted by molar-refractivity contribution is 9.10. The molecule has 0 bridgehead atoms. The summed E-state index contributed by atoms with van der Waals surface area (Å²) < 4.78 is 6.63. The second-order valence-corrected chi connectivity index (χ2v) is 10.0. The van der Waals surface area contributed by atoms with Gasteiger partial charge in [-0.1, -0.05) is 77.8 Å². The summed E-state index contributed by atoms with van der Waals surface area (Å²) in [6.07, 6.45) is 1.57. The Morgan fingerprint density at radius 1 is 0.947 bits per heavy atom. The van der Waals surface area contributed by atoms with E-state index in [1.165, 1.54) is 0 Å². The lowest BCUT2D eigenvalue weighted by Gasteiger charge is -2.10. The first-order valence-corrected chi connectivity index (χ1v) is 13.2. The summed E-state index contributed by atoms with van der Waals surface area (Å²) in [5.41, 5.74) is 7.13. The number of para-hydroxylation sites is 1. The normalized spacial score (nSPS) is 11.1. The monoisotopic (exact) mass is 603 g/mol. The van der Waals surface area contributed by atoms with Crippen molar-refractivity contribution in [2.75, 3.05) is 0 Å². The quantitative estimate of drug-likeness (QED) is 0.150. The van der Waals surface area contributed by atoms with Gasteiger partial charge in [-0.15, -0.1) is 0 Å². The molecule has 1 heterocycles. The number of hydrogen-bond donors (Lipinski definition) is 1. The van der Waals surface area contributed by atoms with Crippen LogP contribution in [0.4, 0.5) is 0 Å². The smallest absolute Gasteiger partial charge is 0.272 e. The Bertz CT molecular complexity index is 1660. The Balaban J connectivity index is 1.30. The predicted octanol–water partition coefficient (Wildman–Crippen LogP) is 8.31. The summed E-state index contributed by atoms with van der Waals surface area (Å²) in [4.78, 5) is 17.8. The summed E-state index contributed by atoms with van der Waals surface area (Å²) >= 11 is 15.7. The molecule has 5 aromatic rings. The van der Waals surface area contributed by atoms with Crippen LogP contribution in [0, 0.1) is 0 Å². The summed E-state index contributed by atoms with van der Waals surface area (Å²) in [5.74, 6) is 0.324. The number of nitrogens with one attached hydrogen (secondary N) is 1. The summed E-state index contributed by atoms with van der Waals surface area (Å²) in [7, 11) is 0. The standard InChI is InChI=1S/C30H20BrCl2N3O2/c31-25-14-19(10-13-29(25)38-18-21-11-12-22(32)15-26(21)33)17-34-36-30(37)24-16-28(20-6-2-1-3-7-20)35-27-9-5-4-8-23(24)27/h1-17H,18H2,(H,36,37)/b34-17+. The Hall–Kier alpha value is -3.71. The molecule has 0 saturated carbocycles. The number of rotatable bonds is 7. The first-order chi connectivity index (χ1) is 18.5. The molecule has 0 radical (unpaired) electrons. The van der Waals surface area contributed by atoms with E-state index in [9.17, 15) is 4.79 Å². The van der Waals surface area contributed by atoms with Gasteiger partial charge in [0.2, 0.25) is 0 Å². The largest absolute Gasteiger partial charge is 0.488 e. The molecule has 0 spiro atoms. The molecule has 188 valence electrons. The van der Waals surface area contributed by atoms with E-state index in [0.717, 1.165) is 37.8 Å². The van der Waals surface area contributed by atoms with Gasteiger partial charge in [-0.3, -0.25) is 4.79 Å². The van der Waals surface area contributed by atoms with Gasteiger partial charge in [-0.25, -0.2) is 10.4 Å².